The first-order chi connectivity index (χ1) is 15.4. The third-order valence-corrected chi connectivity index (χ3v) is 5.05. The number of nitrogen functional groups attached to an aromatic ring is 2. The standard InChI is InChI=1S/C20H26ClN7O4/c21-16-18(23)27-17(22)15(26-16)19(31)28-20-24-8-12(25-20)3-1-2-11-4-6-14(7-5-11)32-10-13(30)9-29/h4-7,12-13,29-30H,1-3,8-10H2,(H4,22,23,27)(H2,24,25,28,31)/t12-,13-/m0/s1. The summed E-state index contributed by atoms with van der Waals surface area (Å²) in [4.78, 5) is 23.9. The molecule has 2 heterocycles. The molecule has 1 aromatic heterocycles. The van der Waals surface area contributed by atoms with E-state index in [1.54, 1.807) is 0 Å². The summed E-state index contributed by atoms with van der Waals surface area (Å²) < 4.78 is 5.40. The molecule has 172 valence electrons. The highest BCUT2D eigenvalue weighted by atomic mass is 35.5. The zero-order chi connectivity index (χ0) is 23.1. The van der Waals surface area contributed by atoms with Crippen LogP contribution in [0.5, 0.6) is 5.75 Å². The zero-order valence-electron chi connectivity index (χ0n) is 17.3. The number of aliphatic imine (C=N–C) groups is 1. The predicted molar refractivity (Wildman–Crippen MR) is 121 cm³/mol. The summed E-state index contributed by atoms with van der Waals surface area (Å²) in [6.45, 7) is 0.351. The van der Waals surface area contributed by atoms with Crippen molar-refractivity contribution in [1.82, 2.24) is 20.6 Å². The fraction of sp³-hybridized carbons (Fsp3) is 0.400. The van der Waals surface area contributed by atoms with Crippen LogP contribution in [0.2, 0.25) is 5.15 Å². The fourth-order valence-electron chi connectivity index (χ4n) is 3.06. The van der Waals surface area contributed by atoms with Crippen molar-refractivity contribution in [3.63, 3.8) is 0 Å². The summed E-state index contributed by atoms with van der Waals surface area (Å²) in [5, 5.41) is 24.2. The molecule has 1 aliphatic heterocycles. The molecule has 0 bridgehead atoms. The van der Waals surface area contributed by atoms with E-state index in [9.17, 15) is 9.90 Å². The number of carbonyl (C=O) groups is 1. The molecule has 0 saturated carbocycles. The number of nitrogens with one attached hydrogen (secondary N) is 2. The van der Waals surface area contributed by atoms with Crippen molar-refractivity contribution in [2.24, 2.45) is 4.99 Å². The van der Waals surface area contributed by atoms with Gasteiger partial charge in [0.1, 0.15) is 18.5 Å². The van der Waals surface area contributed by atoms with Crippen LogP contribution in [0.4, 0.5) is 11.6 Å². The summed E-state index contributed by atoms with van der Waals surface area (Å²) in [7, 11) is 0. The van der Waals surface area contributed by atoms with Crippen LogP contribution < -0.4 is 26.8 Å². The number of aliphatic hydroxyl groups is 2. The van der Waals surface area contributed by atoms with E-state index in [2.05, 4.69) is 25.6 Å². The van der Waals surface area contributed by atoms with Crippen LogP contribution in [0.1, 0.15) is 28.9 Å². The van der Waals surface area contributed by atoms with Crippen LogP contribution in [0, 0.1) is 0 Å². The van der Waals surface area contributed by atoms with Crippen LogP contribution >= 0.6 is 11.6 Å². The summed E-state index contributed by atoms with van der Waals surface area (Å²) in [5.74, 6) is 0.147. The number of nitrogens with zero attached hydrogens (tertiary/aromatic N) is 3. The number of carbonyl (C=O) groups excluding carboxylic acids is 1. The zero-order valence-corrected chi connectivity index (χ0v) is 18.0. The van der Waals surface area contributed by atoms with Gasteiger partial charge in [0.15, 0.2) is 28.4 Å². The van der Waals surface area contributed by atoms with Crippen molar-refractivity contribution >= 4 is 35.1 Å². The van der Waals surface area contributed by atoms with E-state index in [0.29, 0.717) is 18.3 Å². The number of ether oxygens (including phenoxy) is 1. The number of hydrogen-bond donors (Lipinski definition) is 6. The summed E-state index contributed by atoms with van der Waals surface area (Å²) in [6, 6.07) is 7.74. The molecule has 2 atom stereocenters. The molecule has 32 heavy (non-hydrogen) atoms. The second kappa shape index (κ2) is 10.9. The second-order valence-electron chi connectivity index (χ2n) is 7.30. The minimum atomic E-state index is -0.888. The van der Waals surface area contributed by atoms with E-state index in [4.69, 9.17) is 32.9 Å². The maximum Gasteiger partial charge on any atom is 0.302 e. The first-order valence-electron chi connectivity index (χ1n) is 10.1. The Morgan fingerprint density at radius 1 is 1.28 bits per heavy atom. The van der Waals surface area contributed by atoms with E-state index in [1.165, 1.54) is 0 Å². The van der Waals surface area contributed by atoms with Gasteiger partial charge < -0.3 is 37.1 Å². The highest BCUT2D eigenvalue weighted by Crippen LogP contribution is 2.18. The lowest BCUT2D eigenvalue weighted by Crippen LogP contribution is -2.29. The molecule has 1 fully saturated rings. The van der Waals surface area contributed by atoms with Gasteiger partial charge in [-0.2, -0.15) is 4.99 Å². The van der Waals surface area contributed by atoms with Gasteiger partial charge in [-0.25, -0.2) is 9.97 Å². The SMILES string of the molecule is Nc1nc(N)c(C(=O)/N=C2/NC[C@H](CCCc3ccc(OC[C@@H](O)CO)cc3)N2)nc1Cl. The first-order valence-corrected chi connectivity index (χ1v) is 10.5. The lowest BCUT2D eigenvalue weighted by molar-refractivity contribution is 0.0536. The minimum Gasteiger partial charge on any atom is -0.491 e. The Kier molecular flexibility index (Phi) is 8.03. The van der Waals surface area contributed by atoms with Crippen LogP contribution in [-0.2, 0) is 6.42 Å². The normalized spacial score (nSPS) is 17.6. The van der Waals surface area contributed by atoms with Crippen molar-refractivity contribution in [3.8, 4) is 5.75 Å². The average molecular weight is 464 g/mol. The Bertz CT molecular complexity index is 971. The molecule has 1 amide bonds. The molecule has 0 aliphatic carbocycles. The number of rotatable bonds is 9. The number of anilines is 2. The molecule has 0 unspecified atom stereocenters. The topological polar surface area (TPSA) is 181 Å². The average Bonchev–Trinajstić information content (AvgIpc) is 3.22. The van der Waals surface area contributed by atoms with E-state index < -0.39 is 12.0 Å². The minimum absolute atomic E-state index is 0.0480. The van der Waals surface area contributed by atoms with E-state index in [0.717, 1.165) is 24.8 Å². The van der Waals surface area contributed by atoms with Gasteiger partial charge in [-0.1, -0.05) is 23.7 Å². The molecule has 0 spiro atoms. The third kappa shape index (κ3) is 6.42. The number of aromatic nitrogens is 2. The molecule has 0 radical (unpaired) electrons. The highest BCUT2D eigenvalue weighted by Gasteiger charge is 2.21. The van der Waals surface area contributed by atoms with Gasteiger partial charge in [0.05, 0.1) is 6.61 Å². The molecule has 1 aliphatic rings. The Balaban J connectivity index is 1.44. The van der Waals surface area contributed by atoms with Gasteiger partial charge in [0.25, 0.3) is 0 Å². The third-order valence-electron chi connectivity index (χ3n) is 4.77. The predicted octanol–water partition coefficient (Wildman–Crippen LogP) is 0.107. The smallest absolute Gasteiger partial charge is 0.302 e. The van der Waals surface area contributed by atoms with Gasteiger partial charge in [-0.15, -0.1) is 0 Å². The Hall–Kier alpha value is -3.15. The van der Waals surface area contributed by atoms with Crippen molar-refractivity contribution < 1.29 is 19.7 Å². The number of nitrogens with two attached hydrogens (primary N) is 2. The molecular formula is C20H26ClN7O4. The Labute approximate surface area is 189 Å². The molecule has 1 saturated heterocycles. The molecule has 3 rings (SSSR count). The largest absolute Gasteiger partial charge is 0.491 e. The second-order valence-corrected chi connectivity index (χ2v) is 7.66. The van der Waals surface area contributed by atoms with Gasteiger partial charge >= 0.3 is 5.91 Å². The number of amides is 1. The number of hydrogen-bond acceptors (Lipinski definition) is 8. The number of aliphatic hydroxyl groups excluding tert-OH is 2. The molecule has 11 nitrogen and oxygen atoms in total. The fourth-order valence-corrected chi connectivity index (χ4v) is 3.19. The van der Waals surface area contributed by atoms with Crippen LogP contribution in [0.3, 0.4) is 0 Å². The van der Waals surface area contributed by atoms with Crippen molar-refractivity contribution in [2.45, 2.75) is 31.4 Å². The van der Waals surface area contributed by atoms with Gasteiger partial charge in [0.2, 0.25) is 0 Å². The molecule has 8 N–H and O–H groups in total. The van der Waals surface area contributed by atoms with Crippen molar-refractivity contribution in [2.75, 3.05) is 31.2 Å². The van der Waals surface area contributed by atoms with E-state index >= 15 is 0 Å². The number of guanidine groups is 1. The summed E-state index contributed by atoms with van der Waals surface area (Å²) >= 11 is 5.81. The van der Waals surface area contributed by atoms with Gasteiger partial charge in [0, 0.05) is 12.6 Å². The maximum absolute atomic E-state index is 12.3. The van der Waals surface area contributed by atoms with Gasteiger partial charge in [-0.3, -0.25) is 4.79 Å². The number of benzene rings is 1. The molecule has 1 aromatic carbocycles. The van der Waals surface area contributed by atoms with Crippen molar-refractivity contribution in [3.05, 3.63) is 40.7 Å². The Morgan fingerprint density at radius 2 is 2.03 bits per heavy atom. The Morgan fingerprint density at radius 3 is 2.75 bits per heavy atom. The van der Waals surface area contributed by atoms with Gasteiger partial charge in [-0.05, 0) is 37.0 Å². The lowest BCUT2D eigenvalue weighted by atomic mass is 10.1. The molecular weight excluding hydrogens is 438 g/mol. The molecule has 2 aromatic rings. The van der Waals surface area contributed by atoms with Crippen LogP contribution in [0.15, 0.2) is 29.3 Å². The summed E-state index contributed by atoms with van der Waals surface area (Å²) in [5.41, 5.74) is 12.2. The van der Waals surface area contributed by atoms with Crippen molar-refractivity contribution in [1.29, 1.82) is 0 Å². The van der Waals surface area contributed by atoms with E-state index in [-0.39, 0.29) is 41.7 Å². The first kappa shape index (κ1) is 23.5. The number of halogens is 1. The molecule has 12 heteroatoms. The van der Waals surface area contributed by atoms with E-state index in [1.807, 2.05) is 24.3 Å². The van der Waals surface area contributed by atoms with Crippen LogP contribution in [0.25, 0.3) is 0 Å². The maximum atomic E-state index is 12.3. The highest BCUT2D eigenvalue weighted by molar-refractivity contribution is 6.31. The number of aryl methyl sites for hydroxylation is 1. The summed E-state index contributed by atoms with van der Waals surface area (Å²) in [6.07, 6.45) is 1.78. The lowest BCUT2D eigenvalue weighted by Gasteiger charge is -2.11. The monoisotopic (exact) mass is 463 g/mol. The van der Waals surface area contributed by atoms with Crippen LogP contribution in [-0.4, -0.2) is 64.0 Å². The quantitative estimate of drug-likeness (QED) is 0.298.